The quantitative estimate of drug-likeness (QED) is 0.430. The Balaban J connectivity index is 1.58. The van der Waals surface area contributed by atoms with E-state index < -0.39 is 0 Å². The Kier molecular flexibility index (Phi) is 6.47. The van der Waals surface area contributed by atoms with Crippen LogP contribution in [0.5, 0.6) is 5.88 Å². The minimum atomic E-state index is -0.268. The molecule has 9 nitrogen and oxygen atoms in total. The number of nitrogens with one attached hydrogen (secondary N) is 1. The summed E-state index contributed by atoms with van der Waals surface area (Å²) in [7, 11) is 0. The molecular weight excluding hydrogens is 440 g/mol. The number of nitriles is 1. The first kappa shape index (κ1) is 23.0. The number of nitrogens with zero attached hydrogens (tertiary/aromatic N) is 7. The van der Waals surface area contributed by atoms with Gasteiger partial charge in [0.2, 0.25) is 5.88 Å². The fourth-order valence-corrected chi connectivity index (χ4v) is 4.76. The third-order valence-electron chi connectivity index (χ3n) is 6.51. The van der Waals surface area contributed by atoms with Gasteiger partial charge < -0.3 is 10.1 Å². The van der Waals surface area contributed by atoms with E-state index in [0.29, 0.717) is 29.2 Å². The van der Waals surface area contributed by atoms with Crippen LogP contribution in [0.4, 0.5) is 0 Å². The summed E-state index contributed by atoms with van der Waals surface area (Å²) in [4.78, 5) is 9.03. The minimum Gasteiger partial charge on any atom is -0.469 e. The van der Waals surface area contributed by atoms with Crippen LogP contribution in [-0.4, -0.2) is 42.5 Å². The summed E-state index contributed by atoms with van der Waals surface area (Å²) >= 11 is 0. The van der Waals surface area contributed by atoms with E-state index in [0.717, 1.165) is 55.0 Å². The zero-order valence-corrected chi connectivity index (χ0v) is 20.3. The Morgan fingerprint density at radius 3 is 2.74 bits per heavy atom. The second kappa shape index (κ2) is 9.84. The number of pyridine rings is 2. The van der Waals surface area contributed by atoms with Crippen molar-refractivity contribution < 1.29 is 4.74 Å². The highest BCUT2D eigenvalue weighted by molar-refractivity contribution is 5.68. The predicted molar refractivity (Wildman–Crippen MR) is 132 cm³/mol. The van der Waals surface area contributed by atoms with E-state index in [1.165, 1.54) is 0 Å². The normalized spacial score (nSPS) is 15.4. The van der Waals surface area contributed by atoms with Gasteiger partial charge in [0.05, 0.1) is 23.6 Å². The highest BCUT2D eigenvalue weighted by Gasteiger charge is 2.24. The fraction of sp³-hybridized carbons (Fsp3) is 0.423. The van der Waals surface area contributed by atoms with Gasteiger partial charge in [-0.05, 0) is 63.4 Å². The monoisotopic (exact) mass is 470 g/mol. The van der Waals surface area contributed by atoms with Crippen LogP contribution in [0.25, 0.3) is 16.9 Å². The molecule has 4 aromatic rings. The molecule has 0 spiro atoms. The maximum atomic E-state index is 9.71. The lowest BCUT2D eigenvalue weighted by Gasteiger charge is -2.23. The van der Waals surface area contributed by atoms with Crippen molar-refractivity contribution in [3.05, 3.63) is 59.8 Å². The van der Waals surface area contributed by atoms with Gasteiger partial charge in [0.15, 0.2) is 0 Å². The molecule has 4 aromatic heterocycles. The van der Waals surface area contributed by atoms with E-state index in [1.54, 1.807) is 16.8 Å². The second-order valence-corrected chi connectivity index (χ2v) is 9.47. The average molecular weight is 471 g/mol. The van der Waals surface area contributed by atoms with Crippen LogP contribution >= 0.6 is 0 Å². The van der Waals surface area contributed by atoms with Crippen molar-refractivity contribution in [1.29, 1.82) is 5.26 Å². The molecule has 1 atom stereocenters. The van der Waals surface area contributed by atoms with Gasteiger partial charge in [-0.3, -0.25) is 9.38 Å². The maximum Gasteiger partial charge on any atom is 0.201 e. The number of aromatic nitrogens is 6. The lowest BCUT2D eigenvalue weighted by Crippen LogP contribution is -2.30. The summed E-state index contributed by atoms with van der Waals surface area (Å²) in [6, 6.07) is 12.3. The molecule has 0 aliphatic carbocycles. The molecular formula is C26H30N8O. The molecule has 0 aromatic carbocycles. The molecule has 9 heteroatoms. The fourth-order valence-electron chi connectivity index (χ4n) is 4.76. The summed E-state index contributed by atoms with van der Waals surface area (Å²) in [5, 5.41) is 22.2. The number of ether oxygens (including phenoxy) is 1. The lowest BCUT2D eigenvalue weighted by molar-refractivity contribution is 0.163. The topological polar surface area (TPSA) is 106 Å². The molecule has 0 saturated carbocycles. The molecule has 35 heavy (non-hydrogen) atoms. The Labute approximate surface area is 204 Å². The van der Waals surface area contributed by atoms with E-state index >= 15 is 0 Å². The van der Waals surface area contributed by atoms with Gasteiger partial charge in [-0.1, -0.05) is 25.1 Å². The van der Waals surface area contributed by atoms with Gasteiger partial charge in [-0.15, -0.1) is 5.10 Å². The predicted octanol–water partition coefficient (Wildman–Crippen LogP) is 4.26. The van der Waals surface area contributed by atoms with E-state index in [4.69, 9.17) is 4.74 Å². The molecule has 1 aliphatic rings. The smallest absolute Gasteiger partial charge is 0.201 e. The third kappa shape index (κ3) is 4.62. The number of imidazole rings is 1. The Bertz CT molecular complexity index is 1350. The zero-order valence-electron chi connectivity index (χ0n) is 20.3. The number of hydrogen-bond acceptors (Lipinski definition) is 7. The standard InChI is InChI=1S/C26H30N8O/c1-17(2)12-23(22-6-4-5-9-29-22)35-25-14-19(13-24-30-16-21(15-27)33(24)25)26-18(3)34(32-31-26)20-7-10-28-11-8-20/h4-6,9,13-14,16-17,20,23,28H,7-8,10-12H2,1-3H3. The molecule has 1 N–H and O–H groups in total. The van der Waals surface area contributed by atoms with Crippen LogP contribution in [0, 0.1) is 24.2 Å². The van der Waals surface area contributed by atoms with Crippen molar-refractivity contribution in [3.63, 3.8) is 0 Å². The van der Waals surface area contributed by atoms with Crippen LogP contribution < -0.4 is 10.1 Å². The van der Waals surface area contributed by atoms with Crippen LogP contribution in [0.2, 0.25) is 0 Å². The van der Waals surface area contributed by atoms with Gasteiger partial charge in [0.25, 0.3) is 0 Å². The molecule has 0 bridgehead atoms. The van der Waals surface area contributed by atoms with Gasteiger partial charge in [-0.2, -0.15) is 5.26 Å². The molecule has 5 heterocycles. The largest absolute Gasteiger partial charge is 0.469 e. The third-order valence-corrected chi connectivity index (χ3v) is 6.51. The van der Waals surface area contributed by atoms with Crippen LogP contribution in [-0.2, 0) is 0 Å². The summed E-state index contributed by atoms with van der Waals surface area (Å²) < 4.78 is 10.4. The van der Waals surface area contributed by atoms with Gasteiger partial charge >= 0.3 is 0 Å². The first-order valence-corrected chi connectivity index (χ1v) is 12.2. The zero-order chi connectivity index (χ0) is 24.4. The molecule has 1 unspecified atom stereocenters. The Hall–Kier alpha value is -3.77. The maximum absolute atomic E-state index is 9.71. The van der Waals surface area contributed by atoms with Gasteiger partial charge in [0.1, 0.15) is 29.2 Å². The molecule has 1 fully saturated rings. The summed E-state index contributed by atoms with van der Waals surface area (Å²) in [6.45, 7) is 8.35. The first-order chi connectivity index (χ1) is 17.0. The lowest BCUT2D eigenvalue weighted by atomic mass is 10.0. The molecule has 180 valence electrons. The highest BCUT2D eigenvalue weighted by Crippen LogP contribution is 2.33. The van der Waals surface area contributed by atoms with E-state index in [9.17, 15) is 5.26 Å². The molecule has 1 saturated heterocycles. The van der Waals surface area contributed by atoms with Crippen molar-refractivity contribution >= 4 is 5.65 Å². The molecule has 0 radical (unpaired) electrons. The van der Waals surface area contributed by atoms with Crippen LogP contribution in [0.3, 0.4) is 0 Å². The summed E-state index contributed by atoms with van der Waals surface area (Å²) in [6.07, 6.45) is 5.93. The molecule has 5 rings (SSSR count). The minimum absolute atomic E-state index is 0.268. The molecule has 1 aliphatic heterocycles. The van der Waals surface area contributed by atoms with Gasteiger partial charge in [-0.25, -0.2) is 9.67 Å². The van der Waals surface area contributed by atoms with Crippen molar-refractivity contribution in [3.8, 4) is 23.2 Å². The highest BCUT2D eigenvalue weighted by atomic mass is 16.5. The second-order valence-electron chi connectivity index (χ2n) is 9.47. The van der Waals surface area contributed by atoms with E-state index in [1.807, 2.05) is 35.0 Å². The van der Waals surface area contributed by atoms with E-state index in [-0.39, 0.29) is 6.10 Å². The number of piperidine rings is 1. The average Bonchev–Trinajstić information content (AvgIpc) is 3.47. The molecule has 0 amide bonds. The summed E-state index contributed by atoms with van der Waals surface area (Å²) in [5.41, 5.74) is 4.59. The Morgan fingerprint density at radius 1 is 1.20 bits per heavy atom. The Morgan fingerprint density at radius 2 is 2.03 bits per heavy atom. The van der Waals surface area contributed by atoms with Crippen LogP contribution in [0.1, 0.15) is 62.3 Å². The number of rotatable bonds is 7. The van der Waals surface area contributed by atoms with Gasteiger partial charge in [0, 0.05) is 17.8 Å². The first-order valence-electron chi connectivity index (χ1n) is 12.2. The summed E-state index contributed by atoms with van der Waals surface area (Å²) in [5.74, 6) is 0.935. The number of hydrogen-bond donors (Lipinski definition) is 1. The van der Waals surface area contributed by atoms with E-state index in [2.05, 4.69) is 52.4 Å². The van der Waals surface area contributed by atoms with Crippen LogP contribution in [0.15, 0.2) is 42.7 Å². The van der Waals surface area contributed by atoms with Crippen molar-refractivity contribution in [2.75, 3.05) is 13.1 Å². The SMILES string of the molecule is Cc1c(-c2cc(OC(CC(C)C)c3ccccn3)n3c(C#N)cnc3c2)nnn1C1CCNCC1. The van der Waals surface area contributed by atoms with Crippen molar-refractivity contribution in [2.45, 2.75) is 52.2 Å². The van der Waals surface area contributed by atoms with Crippen molar-refractivity contribution in [1.82, 2.24) is 34.7 Å². The number of fused-ring (bicyclic) bond motifs is 1. The van der Waals surface area contributed by atoms with Crippen molar-refractivity contribution in [2.24, 2.45) is 5.92 Å².